The summed E-state index contributed by atoms with van der Waals surface area (Å²) in [5.74, 6) is -8.50. The fourth-order valence-electron chi connectivity index (χ4n) is 6.97. The summed E-state index contributed by atoms with van der Waals surface area (Å²) in [7, 11) is 2.92. The zero-order chi connectivity index (χ0) is 30.0. The van der Waals surface area contributed by atoms with E-state index in [-0.39, 0.29) is 17.4 Å². The van der Waals surface area contributed by atoms with Crippen molar-refractivity contribution in [3.8, 4) is 5.75 Å². The van der Waals surface area contributed by atoms with Crippen molar-refractivity contribution in [3.05, 3.63) is 46.6 Å². The third-order valence-electron chi connectivity index (χ3n) is 8.95. The first-order valence-electron chi connectivity index (χ1n) is 13.9. The number of ketones is 2. The molecule has 4 aliphatic rings. The van der Waals surface area contributed by atoms with Crippen molar-refractivity contribution in [2.75, 3.05) is 39.0 Å². The van der Waals surface area contributed by atoms with Gasteiger partial charge < -0.3 is 41.5 Å². The van der Waals surface area contributed by atoms with Crippen molar-refractivity contribution < 1.29 is 39.9 Å². The summed E-state index contributed by atoms with van der Waals surface area (Å²) in [6.45, 7) is 4.98. The Balaban J connectivity index is 1.57. The van der Waals surface area contributed by atoms with E-state index in [0.717, 1.165) is 38.9 Å². The van der Waals surface area contributed by atoms with E-state index in [0.29, 0.717) is 11.3 Å². The number of fused-ring (bicyclic) bond motifs is 3. The molecule has 1 aliphatic heterocycles. The summed E-state index contributed by atoms with van der Waals surface area (Å²) < 4.78 is 0. The van der Waals surface area contributed by atoms with E-state index in [4.69, 9.17) is 5.73 Å². The van der Waals surface area contributed by atoms with Gasteiger partial charge in [-0.05, 0) is 51.5 Å². The van der Waals surface area contributed by atoms with E-state index < -0.39 is 69.7 Å². The second-order valence-electron chi connectivity index (χ2n) is 11.6. The normalized spacial score (nSPS) is 30.8. The van der Waals surface area contributed by atoms with E-state index in [2.05, 4.69) is 17.1 Å². The van der Waals surface area contributed by atoms with E-state index in [1.165, 1.54) is 25.4 Å². The van der Waals surface area contributed by atoms with Crippen LogP contribution in [0.5, 0.6) is 5.75 Å². The first-order valence-corrected chi connectivity index (χ1v) is 13.9. The molecule has 5 atom stereocenters. The Kier molecular flexibility index (Phi) is 7.39. The molecule has 1 saturated heterocycles. The van der Waals surface area contributed by atoms with E-state index in [1.807, 2.05) is 0 Å². The number of carbonyl (C=O) groups is 3. The van der Waals surface area contributed by atoms with Gasteiger partial charge in [-0.3, -0.25) is 19.3 Å². The highest BCUT2D eigenvalue weighted by Crippen LogP contribution is 2.53. The summed E-state index contributed by atoms with van der Waals surface area (Å²) in [4.78, 5) is 43.0. The lowest BCUT2D eigenvalue weighted by molar-refractivity contribution is -0.167. The second-order valence-corrected chi connectivity index (χ2v) is 11.6. The molecular weight excluding hydrogens is 532 g/mol. The molecule has 5 rings (SSSR count). The molecule has 0 unspecified atom stereocenters. The Morgan fingerprint density at radius 2 is 1.83 bits per heavy atom. The largest absolute Gasteiger partial charge is 0.508 e. The van der Waals surface area contributed by atoms with Crippen molar-refractivity contribution in [2.45, 2.75) is 50.0 Å². The molecule has 8 N–H and O–H groups in total. The van der Waals surface area contributed by atoms with Crippen molar-refractivity contribution in [3.63, 3.8) is 0 Å². The molecule has 3 aliphatic carbocycles. The molecule has 1 amide bonds. The van der Waals surface area contributed by atoms with Crippen LogP contribution in [-0.2, 0) is 14.4 Å². The van der Waals surface area contributed by atoms with Crippen molar-refractivity contribution >= 4 is 28.9 Å². The molecule has 0 bridgehead atoms. The van der Waals surface area contributed by atoms with Crippen LogP contribution in [-0.4, -0.2) is 110 Å². The lowest BCUT2D eigenvalue weighted by Crippen LogP contribution is -2.70. The summed E-state index contributed by atoms with van der Waals surface area (Å²) in [6, 6.07) is 2.00. The fourth-order valence-corrected chi connectivity index (χ4v) is 6.97. The molecule has 1 aromatic carbocycles. The standard InChI is InChI=1S/C29H37N4O8/c1-4-9-33-10-7-14(8-11-33)31-16-6-5-13-12-15-18(24(36)17(13)23(16)35)26(38)29(41)20(22(15)34)21(32(2)3)25(37)19(27(29)39)28(30)40/h5-6,12,14-15,20-22,31,34-36,39,41H,4,7-11H2,1-3H3,(H2,30,40)/t15-,20-,21+,22+,29+/m0/s1. The molecule has 1 radical (unpaired) electrons. The van der Waals surface area contributed by atoms with Gasteiger partial charge in [0, 0.05) is 37.0 Å². The molecule has 12 nitrogen and oxygen atoms in total. The van der Waals surface area contributed by atoms with Crippen LogP contribution < -0.4 is 11.1 Å². The van der Waals surface area contributed by atoms with Crippen LogP contribution >= 0.6 is 0 Å². The molecule has 1 heterocycles. The van der Waals surface area contributed by atoms with Gasteiger partial charge in [0.25, 0.3) is 5.91 Å². The van der Waals surface area contributed by atoms with Crippen LogP contribution in [0.15, 0.2) is 29.0 Å². The number of phenolic OH excluding ortho intramolecular Hbond substituents is 1. The Hall–Kier alpha value is -3.45. The quantitative estimate of drug-likeness (QED) is 0.183. The number of piperidine rings is 1. The van der Waals surface area contributed by atoms with Gasteiger partial charge in [-0.25, -0.2) is 0 Å². The molecular formula is C29H37N4O8. The average Bonchev–Trinajstić information content (AvgIpc) is 2.91. The zero-order valence-electron chi connectivity index (χ0n) is 23.3. The van der Waals surface area contributed by atoms with Gasteiger partial charge in [0.2, 0.25) is 5.78 Å². The van der Waals surface area contributed by atoms with Gasteiger partial charge in [-0.1, -0.05) is 13.0 Å². The zero-order valence-corrected chi connectivity index (χ0v) is 23.3. The third kappa shape index (κ3) is 4.32. The maximum atomic E-state index is 14.0. The number of aromatic hydroxyl groups is 1. The highest BCUT2D eigenvalue weighted by atomic mass is 16.4. The third-order valence-corrected chi connectivity index (χ3v) is 8.95. The monoisotopic (exact) mass is 569 g/mol. The molecule has 1 aromatic rings. The lowest BCUT2D eigenvalue weighted by Gasteiger charge is -2.52. The molecule has 221 valence electrons. The molecule has 1 saturated carbocycles. The lowest BCUT2D eigenvalue weighted by atomic mass is 9.56. The van der Waals surface area contributed by atoms with Gasteiger partial charge in [-0.15, -0.1) is 0 Å². The highest BCUT2D eigenvalue weighted by Gasteiger charge is 2.67. The molecule has 0 spiro atoms. The maximum absolute atomic E-state index is 14.0. The Labute approximate surface area is 237 Å². The number of phenols is 1. The SMILES string of the molecule is CCCN1CCC(Nc2ccc3c(c2O)C(O)=C2C(=O)[C@@]4(O)C(O)=C(C(N)=O)C(=O)[C@H](N(C)C)[C@H]4[C@H](O)[C@H]2[CH]3)CC1. The number of likely N-dealkylation sites (tertiary alicyclic amines) is 1. The predicted octanol–water partition coefficient (Wildman–Crippen LogP) is 0.231. The number of carbonyl (C=O) groups excluding carboxylic acids is 3. The van der Waals surface area contributed by atoms with Crippen LogP contribution in [0.3, 0.4) is 0 Å². The number of nitrogens with one attached hydrogen (secondary N) is 1. The number of nitrogens with zero attached hydrogens (tertiary/aromatic N) is 2. The van der Waals surface area contributed by atoms with Crippen LogP contribution in [0, 0.1) is 18.3 Å². The van der Waals surface area contributed by atoms with E-state index in [9.17, 15) is 39.9 Å². The summed E-state index contributed by atoms with van der Waals surface area (Å²) in [6.07, 6.45) is 2.62. The molecule has 0 aromatic heterocycles. The molecule has 2 fully saturated rings. The number of Topliss-reactive ketones (excluding diaryl/α,β-unsaturated/α-hetero) is 2. The van der Waals surface area contributed by atoms with Crippen LogP contribution in [0.2, 0.25) is 0 Å². The number of nitrogens with two attached hydrogens (primary N) is 1. The summed E-state index contributed by atoms with van der Waals surface area (Å²) >= 11 is 0. The predicted molar refractivity (Wildman–Crippen MR) is 149 cm³/mol. The number of likely N-dealkylation sites (N-methyl/N-ethyl adjacent to an activating group) is 1. The number of hydrogen-bond acceptors (Lipinski definition) is 11. The van der Waals surface area contributed by atoms with Gasteiger partial charge in [0.1, 0.15) is 22.8 Å². The van der Waals surface area contributed by atoms with Crippen molar-refractivity contribution in [2.24, 2.45) is 17.6 Å². The number of amides is 1. The van der Waals surface area contributed by atoms with Crippen molar-refractivity contribution in [1.82, 2.24) is 9.80 Å². The number of primary amides is 1. The maximum Gasteiger partial charge on any atom is 0.255 e. The average molecular weight is 570 g/mol. The van der Waals surface area contributed by atoms with Crippen LogP contribution in [0.1, 0.15) is 37.3 Å². The number of aliphatic hydroxyl groups excluding tert-OH is 3. The Morgan fingerprint density at radius 3 is 2.41 bits per heavy atom. The Morgan fingerprint density at radius 1 is 1.17 bits per heavy atom. The summed E-state index contributed by atoms with van der Waals surface area (Å²) in [5, 5.41) is 60.1. The summed E-state index contributed by atoms with van der Waals surface area (Å²) in [5.41, 5.74) is 1.64. The smallest absolute Gasteiger partial charge is 0.255 e. The number of aliphatic hydroxyl groups is 4. The first-order chi connectivity index (χ1) is 19.3. The van der Waals surface area contributed by atoms with Crippen LogP contribution in [0.25, 0.3) is 5.76 Å². The minimum atomic E-state index is -2.93. The first kappa shape index (κ1) is 29.1. The van der Waals surface area contributed by atoms with Crippen molar-refractivity contribution in [1.29, 1.82) is 0 Å². The number of benzene rings is 1. The van der Waals surface area contributed by atoms with Crippen LogP contribution in [0.4, 0.5) is 5.69 Å². The van der Waals surface area contributed by atoms with E-state index in [1.54, 1.807) is 12.1 Å². The fraction of sp³-hybridized carbons (Fsp3) is 0.517. The minimum absolute atomic E-state index is 0.0677. The molecule has 41 heavy (non-hydrogen) atoms. The van der Waals surface area contributed by atoms with Gasteiger partial charge >= 0.3 is 0 Å². The Bertz CT molecular complexity index is 1360. The van der Waals surface area contributed by atoms with Gasteiger partial charge in [0.05, 0.1) is 29.3 Å². The number of rotatable bonds is 6. The van der Waals surface area contributed by atoms with Gasteiger partial charge in [0.15, 0.2) is 11.4 Å². The molecule has 12 heteroatoms. The topological polar surface area (TPSA) is 197 Å². The van der Waals surface area contributed by atoms with Gasteiger partial charge in [-0.2, -0.15) is 0 Å². The highest BCUT2D eigenvalue weighted by molar-refractivity contribution is 6.24. The number of hydrogen-bond donors (Lipinski definition) is 7. The minimum Gasteiger partial charge on any atom is -0.508 e. The van der Waals surface area contributed by atoms with E-state index >= 15 is 0 Å². The second kappa shape index (κ2) is 10.4. The number of anilines is 1.